The van der Waals surface area contributed by atoms with E-state index in [0.29, 0.717) is 0 Å². The molecule has 1 N–H and O–H groups in total. The molecule has 0 saturated heterocycles. The average molecular weight is 239 g/mol. The summed E-state index contributed by atoms with van der Waals surface area (Å²) in [4.78, 5) is 0. The Bertz CT molecular complexity index is 354. The van der Waals surface area contributed by atoms with Crippen molar-refractivity contribution in [3.63, 3.8) is 0 Å². The smallest absolute Gasteiger partial charge is 0.130 e. The van der Waals surface area contributed by atoms with E-state index >= 15 is 0 Å². The molecule has 1 aliphatic rings. The van der Waals surface area contributed by atoms with Crippen molar-refractivity contribution in [3.05, 3.63) is 35.4 Å². The lowest BCUT2D eigenvalue weighted by Crippen LogP contribution is -2.25. The van der Waals surface area contributed by atoms with Crippen molar-refractivity contribution in [1.29, 1.82) is 0 Å². The third-order valence-electron chi connectivity index (χ3n) is 3.66. The van der Waals surface area contributed by atoms with Crippen LogP contribution in [0.25, 0.3) is 0 Å². The van der Waals surface area contributed by atoms with Gasteiger partial charge < -0.3 is 5.32 Å². The Hall–Kier alpha value is -0.960. The van der Waals surface area contributed by atoms with Gasteiger partial charge in [0.05, 0.1) is 0 Å². The minimum absolute atomic E-state index is 0.154. The van der Waals surface area contributed by atoms with Gasteiger partial charge in [0.15, 0.2) is 0 Å². The van der Waals surface area contributed by atoms with Crippen molar-refractivity contribution in [1.82, 2.24) is 5.32 Å². The third-order valence-corrected chi connectivity index (χ3v) is 3.66. The predicted octanol–water partition coefficient (Wildman–Crippen LogP) is 3.81. The molecule has 1 aromatic rings. The van der Waals surface area contributed by atoms with E-state index in [1.54, 1.807) is 0 Å². The zero-order chi connectivity index (χ0) is 12.3. The lowest BCUT2D eigenvalue weighted by atomic mass is 9.83. The van der Waals surface area contributed by atoms with Crippen molar-refractivity contribution in [2.24, 2.45) is 5.92 Å². The Morgan fingerprint density at radius 2 is 1.94 bits per heavy atom. The van der Waals surface area contributed by atoms with E-state index in [1.165, 1.54) is 37.5 Å². The minimum Gasteiger partial charge on any atom is -0.310 e. The van der Waals surface area contributed by atoms with E-state index in [1.807, 2.05) is 6.92 Å². The Morgan fingerprint density at radius 3 is 2.47 bits per heavy atom. The Labute approximate surface area is 101 Å². The van der Waals surface area contributed by atoms with E-state index in [0.717, 1.165) is 18.9 Å². The summed E-state index contributed by atoms with van der Waals surface area (Å²) in [5.74, 6) is -0.109. The van der Waals surface area contributed by atoms with E-state index in [4.69, 9.17) is 0 Å². The van der Waals surface area contributed by atoms with Gasteiger partial charge in [0.25, 0.3) is 0 Å². The van der Waals surface area contributed by atoms with Gasteiger partial charge in [0, 0.05) is 11.6 Å². The van der Waals surface area contributed by atoms with Crippen LogP contribution in [0, 0.1) is 17.6 Å². The monoisotopic (exact) mass is 239 g/mol. The molecule has 0 bridgehead atoms. The summed E-state index contributed by atoms with van der Waals surface area (Å²) in [7, 11) is 0. The highest BCUT2D eigenvalue weighted by molar-refractivity contribution is 5.22. The van der Waals surface area contributed by atoms with E-state index < -0.39 is 11.6 Å². The second-order valence-corrected chi connectivity index (χ2v) is 4.90. The van der Waals surface area contributed by atoms with Crippen LogP contribution in [0.4, 0.5) is 8.78 Å². The van der Waals surface area contributed by atoms with Gasteiger partial charge in [-0.1, -0.05) is 25.3 Å². The fourth-order valence-electron chi connectivity index (χ4n) is 2.31. The number of hydrogen-bond acceptors (Lipinski definition) is 1. The van der Waals surface area contributed by atoms with Gasteiger partial charge in [-0.15, -0.1) is 0 Å². The maximum Gasteiger partial charge on any atom is 0.130 e. The lowest BCUT2D eigenvalue weighted by molar-refractivity contribution is 0.288. The zero-order valence-corrected chi connectivity index (χ0v) is 10.2. The molecule has 0 amide bonds. The average Bonchev–Trinajstić information content (AvgIpc) is 2.21. The van der Waals surface area contributed by atoms with Crippen LogP contribution in [0.2, 0.25) is 0 Å². The van der Waals surface area contributed by atoms with Crippen molar-refractivity contribution in [2.45, 2.75) is 38.6 Å². The zero-order valence-electron chi connectivity index (χ0n) is 10.2. The maximum atomic E-state index is 13.5. The summed E-state index contributed by atoms with van der Waals surface area (Å²) >= 11 is 0. The van der Waals surface area contributed by atoms with Gasteiger partial charge in [-0.25, -0.2) is 8.78 Å². The van der Waals surface area contributed by atoms with Crippen LogP contribution in [0.3, 0.4) is 0 Å². The first-order valence-electron chi connectivity index (χ1n) is 6.35. The molecule has 94 valence electrons. The third kappa shape index (κ3) is 3.03. The SMILES string of the molecule is CC(NCCC1CCC1)c1c(F)cccc1F. The summed E-state index contributed by atoms with van der Waals surface area (Å²) < 4.78 is 27.0. The van der Waals surface area contributed by atoms with Crippen LogP contribution < -0.4 is 5.32 Å². The molecular weight excluding hydrogens is 220 g/mol. The molecule has 1 fully saturated rings. The fraction of sp³-hybridized carbons (Fsp3) is 0.571. The molecular formula is C14H19F2N. The maximum absolute atomic E-state index is 13.5. The van der Waals surface area contributed by atoms with Crippen LogP contribution in [0.5, 0.6) is 0 Å². The van der Waals surface area contributed by atoms with Crippen molar-refractivity contribution in [2.75, 3.05) is 6.54 Å². The molecule has 1 aliphatic carbocycles. The van der Waals surface area contributed by atoms with E-state index in [2.05, 4.69) is 5.32 Å². The molecule has 1 aromatic carbocycles. The second kappa shape index (κ2) is 5.58. The number of nitrogens with one attached hydrogen (secondary N) is 1. The van der Waals surface area contributed by atoms with Gasteiger partial charge in [0.1, 0.15) is 11.6 Å². The Balaban J connectivity index is 1.87. The highest BCUT2D eigenvalue weighted by Gasteiger charge is 2.18. The predicted molar refractivity (Wildman–Crippen MR) is 64.7 cm³/mol. The van der Waals surface area contributed by atoms with Crippen LogP contribution in [-0.4, -0.2) is 6.54 Å². The molecule has 0 aliphatic heterocycles. The van der Waals surface area contributed by atoms with Gasteiger partial charge in [-0.2, -0.15) is 0 Å². The molecule has 2 rings (SSSR count). The van der Waals surface area contributed by atoms with Gasteiger partial charge in [-0.05, 0) is 37.9 Å². The second-order valence-electron chi connectivity index (χ2n) is 4.90. The van der Waals surface area contributed by atoms with Crippen LogP contribution >= 0.6 is 0 Å². The quantitative estimate of drug-likeness (QED) is 0.824. The molecule has 3 heteroatoms. The van der Waals surface area contributed by atoms with E-state index in [-0.39, 0.29) is 11.6 Å². The first-order valence-corrected chi connectivity index (χ1v) is 6.35. The number of rotatable bonds is 5. The minimum atomic E-state index is -0.464. The first-order chi connectivity index (χ1) is 8.18. The topological polar surface area (TPSA) is 12.0 Å². The Kier molecular flexibility index (Phi) is 4.11. The molecule has 1 nitrogen and oxygen atoms in total. The largest absolute Gasteiger partial charge is 0.310 e. The summed E-state index contributed by atoms with van der Waals surface area (Å²) in [6.07, 6.45) is 5.07. The van der Waals surface area contributed by atoms with Gasteiger partial charge in [-0.3, -0.25) is 0 Å². The van der Waals surface area contributed by atoms with Crippen molar-refractivity contribution >= 4 is 0 Å². The first kappa shape index (κ1) is 12.5. The lowest BCUT2D eigenvalue weighted by Gasteiger charge is -2.26. The molecule has 1 unspecified atom stereocenters. The highest BCUT2D eigenvalue weighted by Crippen LogP contribution is 2.29. The summed E-state index contributed by atoms with van der Waals surface area (Å²) in [6.45, 7) is 2.64. The van der Waals surface area contributed by atoms with Crippen LogP contribution in [-0.2, 0) is 0 Å². The summed E-state index contributed by atoms with van der Waals surface area (Å²) in [5.41, 5.74) is 0.154. The molecule has 17 heavy (non-hydrogen) atoms. The number of benzene rings is 1. The molecule has 0 radical (unpaired) electrons. The summed E-state index contributed by atoms with van der Waals surface area (Å²) in [5, 5.41) is 3.20. The summed E-state index contributed by atoms with van der Waals surface area (Å²) in [6, 6.07) is 3.75. The van der Waals surface area contributed by atoms with Crippen LogP contribution in [0.1, 0.15) is 44.2 Å². The molecule has 1 atom stereocenters. The fourth-order valence-corrected chi connectivity index (χ4v) is 2.31. The highest BCUT2D eigenvalue weighted by atomic mass is 19.1. The normalized spacial score (nSPS) is 17.8. The molecule has 1 saturated carbocycles. The molecule has 0 aromatic heterocycles. The van der Waals surface area contributed by atoms with Crippen molar-refractivity contribution in [3.8, 4) is 0 Å². The standard InChI is InChI=1S/C14H19F2N/c1-10(17-9-8-11-4-2-5-11)14-12(15)6-3-7-13(14)16/h3,6-7,10-11,17H,2,4-5,8-9H2,1H3. The Morgan fingerprint density at radius 1 is 1.29 bits per heavy atom. The van der Waals surface area contributed by atoms with Crippen LogP contribution in [0.15, 0.2) is 18.2 Å². The van der Waals surface area contributed by atoms with Gasteiger partial charge in [0.2, 0.25) is 0 Å². The van der Waals surface area contributed by atoms with Crippen molar-refractivity contribution < 1.29 is 8.78 Å². The number of halogens is 2. The van der Waals surface area contributed by atoms with E-state index in [9.17, 15) is 8.78 Å². The van der Waals surface area contributed by atoms with Gasteiger partial charge >= 0.3 is 0 Å². The molecule has 0 heterocycles. The number of hydrogen-bond donors (Lipinski definition) is 1. The molecule has 0 spiro atoms.